The second-order valence-electron chi connectivity index (χ2n) is 18.2. The van der Waals surface area contributed by atoms with Crippen molar-refractivity contribution in [3.05, 3.63) is 94.7 Å². The van der Waals surface area contributed by atoms with Gasteiger partial charge in [-0.1, -0.05) is 30.0 Å². The molecule has 2 N–H and O–H groups in total. The standard InChI is InChI=1S/C51H58N10O10S/c1-4-71-44-31-35(14-15-40(44)53-51-52-32-43-46(55-51)61(72(3,67)68)41-13-6-5-11-38(41)49(65)56(43)2)48(64)59-20-18-36(19-21-59)58-24-22-57(23-25-58)26-28-70-30-29-69-27-8-10-34-9-7-12-37-39(34)33-60(50(37)66)42-16-17-45(62)54-47(42)63/h5-7,9,11-15,31-32,36,42H,4,16-30,33H2,1-3H3,(H,52,53,55)(H,54,62,63). The minimum Gasteiger partial charge on any atom is -0.492 e. The molecule has 0 aliphatic carbocycles. The van der Waals surface area contributed by atoms with E-state index in [1.807, 2.05) is 17.9 Å². The number of benzene rings is 3. The Morgan fingerprint density at radius 3 is 2.40 bits per heavy atom. The van der Waals surface area contributed by atoms with Crippen LogP contribution < -0.4 is 24.6 Å². The summed E-state index contributed by atoms with van der Waals surface area (Å²) in [5.74, 6) is 5.15. The molecule has 72 heavy (non-hydrogen) atoms. The fourth-order valence-electron chi connectivity index (χ4n) is 9.88. The molecule has 21 heteroatoms. The summed E-state index contributed by atoms with van der Waals surface area (Å²) in [6.07, 6.45) is 4.72. The highest BCUT2D eigenvalue weighted by atomic mass is 32.2. The zero-order valence-corrected chi connectivity index (χ0v) is 41.4. The van der Waals surface area contributed by atoms with Crippen LogP contribution in [0, 0.1) is 11.8 Å². The van der Waals surface area contributed by atoms with Gasteiger partial charge in [0, 0.05) is 88.6 Å². The van der Waals surface area contributed by atoms with Crippen LogP contribution in [-0.4, -0.2) is 172 Å². The molecule has 3 aromatic carbocycles. The number of carbonyl (C=O) groups is 5. The maximum absolute atomic E-state index is 13.9. The number of carbonyl (C=O) groups excluding carboxylic acids is 5. The molecule has 5 aliphatic rings. The van der Waals surface area contributed by atoms with Gasteiger partial charge in [-0.15, -0.1) is 0 Å². The van der Waals surface area contributed by atoms with Crippen LogP contribution in [0.5, 0.6) is 5.75 Å². The van der Waals surface area contributed by atoms with E-state index in [1.54, 1.807) is 61.6 Å². The molecule has 1 aromatic heterocycles. The van der Waals surface area contributed by atoms with Crippen LogP contribution in [0.4, 0.5) is 28.8 Å². The lowest BCUT2D eigenvalue weighted by atomic mass is 10.0. The summed E-state index contributed by atoms with van der Waals surface area (Å²) in [4.78, 5) is 83.1. The number of amides is 5. The van der Waals surface area contributed by atoms with E-state index in [4.69, 9.17) is 14.2 Å². The van der Waals surface area contributed by atoms with Gasteiger partial charge in [0.1, 0.15) is 24.1 Å². The van der Waals surface area contributed by atoms with Crippen molar-refractivity contribution in [1.29, 1.82) is 0 Å². The van der Waals surface area contributed by atoms with Crippen molar-refractivity contribution >= 4 is 68.4 Å². The molecule has 1 atom stereocenters. The van der Waals surface area contributed by atoms with E-state index >= 15 is 0 Å². The number of anilines is 5. The smallest absolute Gasteiger partial charge is 0.260 e. The number of nitrogens with one attached hydrogen (secondary N) is 2. The van der Waals surface area contributed by atoms with Gasteiger partial charge in [-0.25, -0.2) is 17.7 Å². The Kier molecular flexibility index (Phi) is 15.1. The number of para-hydroxylation sites is 1. The fourth-order valence-corrected chi connectivity index (χ4v) is 10.8. The van der Waals surface area contributed by atoms with Gasteiger partial charge in [-0.05, 0) is 74.2 Å². The quantitative estimate of drug-likeness (QED) is 0.0992. The number of aromatic nitrogens is 2. The number of hydrogen-bond donors (Lipinski definition) is 2. The minimum atomic E-state index is -3.95. The lowest BCUT2D eigenvalue weighted by Gasteiger charge is -2.42. The predicted molar refractivity (Wildman–Crippen MR) is 267 cm³/mol. The molecule has 5 aliphatic heterocycles. The lowest BCUT2D eigenvalue weighted by Crippen LogP contribution is -2.54. The highest BCUT2D eigenvalue weighted by molar-refractivity contribution is 7.92. The van der Waals surface area contributed by atoms with Crippen molar-refractivity contribution < 1.29 is 46.6 Å². The normalized spacial score (nSPS) is 18.7. The number of hydrogen-bond acceptors (Lipinski definition) is 15. The summed E-state index contributed by atoms with van der Waals surface area (Å²) in [6.45, 7) is 9.93. The van der Waals surface area contributed by atoms with Gasteiger partial charge < -0.3 is 34.2 Å². The van der Waals surface area contributed by atoms with E-state index in [-0.39, 0.29) is 66.0 Å². The van der Waals surface area contributed by atoms with Gasteiger partial charge in [0.05, 0.1) is 55.8 Å². The number of nitrogens with zero attached hydrogens (tertiary/aromatic N) is 8. The zero-order chi connectivity index (χ0) is 50.5. The van der Waals surface area contributed by atoms with E-state index in [1.165, 1.54) is 16.0 Å². The van der Waals surface area contributed by atoms with Crippen LogP contribution in [0.25, 0.3) is 0 Å². The Labute approximate surface area is 418 Å². The molecule has 0 bridgehead atoms. The topological polar surface area (TPSA) is 216 Å². The van der Waals surface area contributed by atoms with Crippen molar-refractivity contribution in [3.63, 3.8) is 0 Å². The van der Waals surface area contributed by atoms with Gasteiger partial charge in [-0.3, -0.25) is 39.1 Å². The van der Waals surface area contributed by atoms with Gasteiger partial charge >= 0.3 is 0 Å². The third-order valence-corrected chi connectivity index (χ3v) is 14.7. The first-order valence-corrected chi connectivity index (χ1v) is 26.1. The first-order chi connectivity index (χ1) is 34.8. The Morgan fingerprint density at radius 2 is 1.64 bits per heavy atom. The molecule has 0 saturated carbocycles. The second-order valence-corrected chi connectivity index (χ2v) is 20.0. The summed E-state index contributed by atoms with van der Waals surface area (Å²) in [5.41, 5.74) is 3.59. The fraction of sp³-hybridized carbons (Fsp3) is 0.431. The van der Waals surface area contributed by atoms with Crippen LogP contribution in [0.1, 0.15) is 74.8 Å². The van der Waals surface area contributed by atoms with Crippen LogP contribution >= 0.6 is 0 Å². The maximum Gasteiger partial charge on any atom is 0.260 e. The van der Waals surface area contributed by atoms with Crippen molar-refractivity contribution in [1.82, 2.24) is 34.9 Å². The monoisotopic (exact) mass is 1000 g/mol. The highest BCUT2D eigenvalue weighted by Crippen LogP contribution is 2.41. The van der Waals surface area contributed by atoms with Crippen molar-refractivity contribution in [2.45, 2.75) is 51.2 Å². The van der Waals surface area contributed by atoms with E-state index in [0.29, 0.717) is 80.1 Å². The molecule has 3 saturated heterocycles. The molecular formula is C51H58N10O10S. The van der Waals surface area contributed by atoms with Gasteiger partial charge in [0.2, 0.25) is 27.8 Å². The average molecular weight is 1000 g/mol. The third kappa shape index (κ3) is 10.8. The van der Waals surface area contributed by atoms with Crippen molar-refractivity contribution in [2.75, 3.05) is 107 Å². The number of imide groups is 1. The van der Waals surface area contributed by atoms with E-state index in [0.717, 1.165) is 61.7 Å². The molecule has 20 nitrogen and oxygen atoms in total. The molecule has 1 unspecified atom stereocenters. The zero-order valence-electron chi connectivity index (χ0n) is 40.6. The lowest BCUT2D eigenvalue weighted by molar-refractivity contribution is -0.136. The van der Waals surface area contributed by atoms with Crippen LogP contribution in [0.15, 0.2) is 66.9 Å². The van der Waals surface area contributed by atoms with Crippen molar-refractivity contribution in [2.24, 2.45) is 0 Å². The van der Waals surface area contributed by atoms with E-state index in [2.05, 4.69) is 42.2 Å². The van der Waals surface area contributed by atoms with Crippen LogP contribution in [0.2, 0.25) is 0 Å². The Bertz CT molecular complexity index is 2930. The summed E-state index contributed by atoms with van der Waals surface area (Å²) in [6, 6.07) is 16.7. The second kappa shape index (κ2) is 21.8. The Morgan fingerprint density at radius 1 is 0.875 bits per heavy atom. The molecule has 6 heterocycles. The molecule has 3 fully saturated rings. The number of fused-ring (bicyclic) bond motifs is 3. The van der Waals surface area contributed by atoms with Gasteiger partial charge in [-0.2, -0.15) is 4.98 Å². The first kappa shape index (κ1) is 50.0. The Hall–Kier alpha value is -6.96. The molecule has 9 rings (SSSR count). The van der Waals surface area contributed by atoms with Crippen molar-refractivity contribution in [3.8, 4) is 17.6 Å². The van der Waals surface area contributed by atoms with Crippen LogP contribution in [0.3, 0.4) is 0 Å². The van der Waals surface area contributed by atoms with Gasteiger partial charge in [0.15, 0.2) is 5.82 Å². The molecule has 0 spiro atoms. The average Bonchev–Trinajstić information content (AvgIpc) is 3.67. The molecule has 5 amide bonds. The van der Waals surface area contributed by atoms with Crippen LogP contribution in [-0.2, 0) is 35.6 Å². The molecule has 378 valence electrons. The van der Waals surface area contributed by atoms with E-state index in [9.17, 15) is 32.4 Å². The SMILES string of the molecule is CCOc1cc(C(=O)N2CCC(N3CCN(CCOCCOCC#Cc4cccc5c4CN(C4CCC(=O)NC4=O)C5=O)CC3)CC2)ccc1Nc1ncc2c(n1)N(S(C)(=O)=O)c1ccccc1C(=O)N2C. The summed E-state index contributed by atoms with van der Waals surface area (Å²) >= 11 is 0. The third-order valence-electron chi connectivity index (χ3n) is 13.6. The number of likely N-dealkylation sites (tertiary alicyclic amines) is 1. The number of piperidine rings is 2. The maximum atomic E-state index is 13.9. The summed E-state index contributed by atoms with van der Waals surface area (Å²) < 4.78 is 45.0. The number of sulfonamides is 1. The Balaban J connectivity index is 0.695. The van der Waals surface area contributed by atoms with Gasteiger partial charge in [0.25, 0.3) is 17.7 Å². The van der Waals surface area contributed by atoms with E-state index < -0.39 is 27.9 Å². The summed E-state index contributed by atoms with van der Waals surface area (Å²) in [5, 5.41) is 5.47. The largest absolute Gasteiger partial charge is 0.492 e. The number of rotatable bonds is 15. The minimum absolute atomic E-state index is 0.00904. The highest BCUT2D eigenvalue weighted by Gasteiger charge is 2.40. The number of ether oxygens (including phenoxy) is 3. The number of piperazine rings is 1. The first-order valence-electron chi connectivity index (χ1n) is 24.2. The summed E-state index contributed by atoms with van der Waals surface area (Å²) in [7, 11) is -2.40. The molecule has 0 radical (unpaired) electrons. The predicted octanol–water partition coefficient (Wildman–Crippen LogP) is 3.37. The molecular weight excluding hydrogens is 945 g/mol. The molecule has 4 aromatic rings.